The Hall–Kier alpha value is -2.57. The van der Waals surface area contributed by atoms with Crippen molar-refractivity contribution in [3.8, 4) is 0 Å². The molecule has 0 aliphatic carbocycles. The summed E-state index contributed by atoms with van der Waals surface area (Å²) < 4.78 is 28.7. The molecule has 1 fully saturated rings. The number of carbonyl (C=O) groups excluding carboxylic acids is 1. The smallest absolute Gasteiger partial charge is 0.267 e. The van der Waals surface area contributed by atoms with Gasteiger partial charge in [-0.2, -0.15) is 5.10 Å². The molecule has 1 unspecified atom stereocenters. The van der Waals surface area contributed by atoms with Crippen molar-refractivity contribution in [3.63, 3.8) is 0 Å². The highest BCUT2D eigenvalue weighted by Crippen LogP contribution is 2.23. The molecule has 5 nitrogen and oxygen atoms in total. The lowest BCUT2D eigenvalue weighted by atomic mass is 9.91. The molecule has 1 aliphatic heterocycles. The topological polar surface area (TPSA) is 55.2 Å². The molecular weight excluding hydrogens is 352 g/mol. The van der Waals surface area contributed by atoms with Crippen LogP contribution in [0.4, 0.5) is 8.78 Å². The minimum atomic E-state index is -0.524. The van der Waals surface area contributed by atoms with Gasteiger partial charge >= 0.3 is 0 Å². The summed E-state index contributed by atoms with van der Waals surface area (Å²) in [6.45, 7) is 2.84. The fraction of sp³-hybridized carbons (Fsp3) is 0.450. The van der Waals surface area contributed by atoms with Gasteiger partial charge in [-0.25, -0.2) is 13.5 Å². The first-order valence-electron chi connectivity index (χ1n) is 9.19. The van der Waals surface area contributed by atoms with Crippen LogP contribution in [0.15, 0.2) is 35.1 Å². The Morgan fingerprint density at radius 2 is 1.96 bits per heavy atom. The summed E-state index contributed by atoms with van der Waals surface area (Å²) in [7, 11) is 0. The van der Waals surface area contributed by atoms with E-state index in [9.17, 15) is 18.4 Å². The number of amides is 1. The monoisotopic (exact) mass is 375 g/mol. The van der Waals surface area contributed by atoms with E-state index in [0.29, 0.717) is 31.6 Å². The molecule has 0 radical (unpaired) electrons. The molecule has 1 aromatic carbocycles. The van der Waals surface area contributed by atoms with Crippen molar-refractivity contribution in [1.29, 1.82) is 0 Å². The Labute approximate surface area is 156 Å². The van der Waals surface area contributed by atoms with Crippen molar-refractivity contribution in [1.82, 2.24) is 14.7 Å². The Balaban J connectivity index is 1.59. The Morgan fingerprint density at radius 3 is 2.70 bits per heavy atom. The second-order valence-corrected chi connectivity index (χ2v) is 7.06. The maximum Gasteiger partial charge on any atom is 0.267 e. The number of hydrogen-bond acceptors (Lipinski definition) is 3. The van der Waals surface area contributed by atoms with Crippen LogP contribution >= 0.6 is 0 Å². The van der Waals surface area contributed by atoms with Gasteiger partial charge in [0.05, 0.1) is 5.69 Å². The van der Waals surface area contributed by atoms with Gasteiger partial charge in [-0.15, -0.1) is 0 Å². The van der Waals surface area contributed by atoms with Crippen molar-refractivity contribution in [3.05, 3.63) is 63.6 Å². The molecule has 1 saturated heterocycles. The van der Waals surface area contributed by atoms with Crippen molar-refractivity contribution in [2.75, 3.05) is 13.1 Å². The first-order chi connectivity index (χ1) is 12.9. The number of hydrogen-bond donors (Lipinski definition) is 0. The van der Waals surface area contributed by atoms with Crippen LogP contribution in [-0.4, -0.2) is 33.7 Å². The summed E-state index contributed by atoms with van der Waals surface area (Å²) in [5.41, 5.74) is 0.472. The third kappa shape index (κ3) is 4.78. The van der Waals surface area contributed by atoms with Crippen molar-refractivity contribution in [2.24, 2.45) is 5.92 Å². The molecule has 1 aliphatic rings. The van der Waals surface area contributed by atoms with E-state index in [1.807, 2.05) is 0 Å². The fourth-order valence-electron chi connectivity index (χ4n) is 3.54. The van der Waals surface area contributed by atoms with Crippen molar-refractivity contribution < 1.29 is 13.6 Å². The standard InChI is InChI=1S/C20H23F2N3O2/c1-14-7-10-19(26)25(23-14)13-20(27)24-11-3-4-15(12-24)8-9-16-17(21)5-2-6-18(16)22/h2,5-7,10,15H,3-4,8-9,11-13H2,1H3. The van der Waals surface area contributed by atoms with Crippen LogP contribution in [0.3, 0.4) is 0 Å². The third-order valence-corrected chi connectivity index (χ3v) is 5.02. The zero-order valence-electron chi connectivity index (χ0n) is 15.3. The van der Waals surface area contributed by atoms with Crippen LogP contribution in [0.5, 0.6) is 0 Å². The van der Waals surface area contributed by atoms with Crippen LogP contribution in [0.2, 0.25) is 0 Å². The Bertz CT molecular complexity index is 862. The number of nitrogens with zero attached hydrogens (tertiary/aromatic N) is 3. The molecule has 144 valence electrons. The first kappa shape index (κ1) is 19.2. The fourth-order valence-corrected chi connectivity index (χ4v) is 3.54. The number of rotatable bonds is 5. The van der Waals surface area contributed by atoms with E-state index in [4.69, 9.17) is 0 Å². The van der Waals surface area contributed by atoms with Crippen LogP contribution in [0.1, 0.15) is 30.5 Å². The molecule has 7 heteroatoms. The maximum atomic E-state index is 13.8. The van der Waals surface area contributed by atoms with Crippen LogP contribution < -0.4 is 5.56 Å². The van der Waals surface area contributed by atoms with Gasteiger partial charge in [0.1, 0.15) is 18.2 Å². The van der Waals surface area contributed by atoms with E-state index >= 15 is 0 Å². The second-order valence-electron chi connectivity index (χ2n) is 7.06. The summed E-state index contributed by atoms with van der Waals surface area (Å²) in [5.74, 6) is -1.02. The van der Waals surface area contributed by atoms with E-state index in [1.165, 1.54) is 28.9 Å². The lowest BCUT2D eigenvalue weighted by molar-refractivity contribution is -0.134. The Kier molecular flexibility index (Phi) is 5.98. The summed E-state index contributed by atoms with van der Waals surface area (Å²) in [6, 6.07) is 6.90. The molecule has 1 amide bonds. The lowest BCUT2D eigenvalue weighted by Crippen LogP contribution is -2.43. The van der Waals surface area contributed by atoms with E-state index in [1.54, 1.807) is 17.9 Å². The summed E-state index contributed by atoms with van der Waals surface area (Å²) in [4.78, 5) is 26.1. The highest BCUT2D eigenvalue weighted by molar-refractivity contribution is 5.76. The normalized spacial score (nSPS) is 17.1. The SMILES string of the molecule is Cc1ccc(=O)n(CC(=O)N2CCCC(CCc3c(F)cccc3F)C2)n1. The third-order valence-electron chi connectivity index (χ3n) is 5.02. The van der Waals surface area contributed by atoms with Gasteiger partial charge in [0.2, 0.25) is 5.91 Å². The molecule has 1 atom stereocenters. The molecule has 2 aromatic rings. The van der Waals surface area contributed by atoms with E-state index in [-0.39, 0.29) is 29.5 Å². The Morgan fingerprint density at radius 1 is 1.22 bits per heavy atom. The molecule has 3 rings (SSSR count). The molecular formula is C20H23F2N3O2. The largest absolute Gasteiger partial charge is 0.341 e. The summed E-state index contributed by atoms with van der Waals surface area (Å²) in [6.07, 6.45) is 2.68. The maximum absolute atomic E-state index is 13.8. The predicted octanol–water partition coefficient (Wildman–Crippen LogP) is 2.70. The highest BCUT2D eigenvalue weighted by Gasteiger charge is 2.24. The average molecular weight is 375 g/mol. The number of benzene rings is 1. The second kappa shape index (κ2) is 8.41. The van der Waals surface area contributed by atoms with Crippen LogP contribution in [0.25, 0.3) is 0 Å². The number of carbonyl (C=O) groups is 1. The number of halogens is 2. The molecule has 0 N–H and O–H groups in total. The summed E-state index contributed by atoms with van der Waals surface area (Å²) in [5, 5.41) is 4.10. The zero-order chi connectivity index (χ0) is 19.4. The number of likely N-dealkylation sites (tertiary alicyclic amines) is 1. The van der Waals surface area contributed by atoms with Gasteiger partial charge in [-0.05, 0) is 56.7 Å². The van der Waals surface area contributed by atoms with Gasteiger partial charge in [0.25, 0.3) is 5.56 Å². The van der Waals surface area contributed by atoms with Gasteiger partial charge in [0, 0.05) is 24.7 Å². The van der Waals surface area contributed by atoms with Gasteiger partial charge < -0.3 is 4.90 Å². The molecule has 0 saturated carbocycles. The van der Waals surface area contributed by atoms with E-state index in [0.717, 1.165) is 12.8 Å². The molecule has 0 spiro atoms. The molecule has 2 heterocycles. The van der Waals surface area contributed by atoms with Crippen molar-refractivity contribution >= 4 is 5.91 Å². The van der Waals surface area contributed by atoms with Gasteiger partial charge in [-0.1, -0.05) is 6.07 Å². The predicted molar refractivity (Wildman–Crippen MR) is 97.2 cm³/mol. The van der Waals surface area contributed by atoms with Gasteiger partial charge in [-0.3, -0.25) is 9.59 Å². The van der Waals surface area contributed by atoms with Crippen molar-refractivity contribution in [2.45, 2.75) is 39.2 Å². The average Bonchev–Trinajstić information content (AvgIpc) is 2.64. The summed E-state index contributed by atoms with van der Waals surface area (Å²) >= 11 is 0. The lowest BCUT2D eigenvalue weighted by Gasteiger charge is -2.33. The number of piperidine rings is 1. The minimum absolute atomic E-state index is 0.0881. The van der Waals surface area contributed by atoms with Crippen LogP contribution in [-0.2, 0) is 17.8 Å². The number of aromatic nitrogens is 2. The van der Waals surface area contributed by atoms with E-state index < -0.39 is 11.6 Å². The first-order valence-corrected chi connectivity index (χ1v) is 9.19. The quantitative estimate of drug-likeness (QED) is 0.807. The zero-order valence-corrected chi connectivity index (χ0v) is 15.3. The molecule has 1 aromatic heterocycles. The highest BCUT2D eigenvalue weighted by atomic mass is 19.1. The van der Waals surface area contributed by atoms with E-state index in [2.05, 4.69) is 5.10 Å². The minimum Gasteiger partial charge on any atom is -0.341 e. The number of aryl methyl sites for hydroxylation is 1. The van der Waals surface area contributed by atoms with Crippen LogP contribution in [0, 0.1) is 24.5 Å². The molecule has 27 heavy (non-hydrogen) atoms. The van der Waals surface area contributed by atoms with Gasteiger partial charge in [0.15, 0.2) is 0 Å². The molecule has 0 bridgehead atoms.